The quantitative estimate of drug-likeness (QED) is 0.510. The third kappa shape index (κ3) is 3.51. The highest BCUT2D eigenvalue weighted by Gasteiger charge is 2.25. The van der Waals surface area contributed by atoms with Gasteiger partial charge in [-0.3, -0.25) is 14.9 Å². The van der Waals surface area contributed by atoms with Crippen molar-refractivity contribution in [2.75, 3.05) is 23.7 Å². The van der Waals surface area contributed by atoms with Gasteiger partial charge in [0.1, 0.15) is 11.6 Å². The molecule has 3 fully saturated rings. The summed E-state index contributed by atoms with van der Waals surface area (Å²) in [6.45, 7) is 1.85. The maximum Gasteiger partial charge on any atom is 0.254 e. The van der Waals surface area contributed by atoms with Crippen LogP contribution in [0.4, 0.5) is 11.6 Å². The van der Waals surface area contributed by atoms with Crippen LogP contribution in [0.2, 0.25) is 0 Å². The van der Waals surface area contributed by atoms with Crippen molar-refractivity contribution >= 4 is 35.2 Å². The van der Waals surface area contributed by atoms with E-state index in [0.29, 0.717) is 11.2 Å². The number of anilines is 2. The van der Waals surface area contributed by atoms with Gasteiger partial charge in [-0.2, -0.15) is 9.61 Å². The number of imide groups is 1. The van der Waals surface area contributed by atoms with Crippen LogP contribution < -0.4 is 16.0 Å². The van der Waals surface area contributed by atoms with E-state index in [4.69, 9.17) is 4.98 Å². The summed E-state index contributed by atoms with van der Waals surface area (Å²) in [5, 5.41) is 13.7. The average Bonchev–Trinajstić information content (AvgIpc) is 3.56. The molecule has 2 amide bonds. The van der Waals surface area contributed by atoms with Crippen LogP contribution in [-0.2, 0) is 9.59 Å². The summed E-state index contributed by atoms with van der Waals surface area (Å²) in [5.41, 5.74) is 1.86. The number of fused-ring (bicyclic) bond motifs is 1. The van der Waals surface area contributed by atoms with E-state index in [2.05, 4.69) is 21.0 Å². The van der Waals surface area contributed by atoms with Gasteiger partial charge in [0.2, 0.25) is 5.91 Å². The molecule has 0 atom stereocenters. The molecule has 5 rings (SSSR count). The molecule has 3 N–H and O–H groups in total. The number of aromatic nitrogens is 3. The highest BCUT2D eigenvalue weighted by atomic mass is 16.2. The zero-order valence-electron chi connectivity index (χ0n) is 15.0. The number of carbonyl (C=O) groups excluding carboxylic acids is 2. The smallest absolute Gasteiger partial charge is 0.254 e. The van der Waals surface area contributed by atoms with Crippen molar-refractivity contribution in [2.45, 2.75) is 32.1 Å². The van der Waals surface area contributed by atoms with Crippen molar-refractivity contribution in [1.29, 1.82) is 0 Å². The number of rotatable bonds is 7. The number of nitrogens with zero attached hydrogens (tertiary/aromatic N) is 3. The Morgan fingerprint density at radius 1 is 1.15 bits per heavy atom. The normalized spacial score (nSPS) is 21.1. The van der Waals surface area contributed by atoms with E-state index in [-0.39, 0.29) is 18.2 Å². The molecule has 0 radical (unpaired) electrons. The van der Waals surface area contributed by atoms with Crippen molar-refractivity contribution in [3.05, 3.63) is 23.4 Å². The predicted octanol–water partition coefficient (Wildman–Crippen LogP) is 1.80. The molecule has 3 heterocycles. The average molecular weight is 366 g/mol. The van der Waals surface area contributed by atoms with E-state index < -0.39 is 0 Å². The Bertz CT molecular complexity index is 955. The van der Waals surface area contributed by atoms with Crippen molar-refractivity contribution in [3.63, 3.8) is 0 Å². The molecule has 27 heavy (non-hydrogen) atoms. The van der Waals surface area contributed by atoms with E-state index >= 15 is 0 Å². The van der Waals surface area contributed by atoms with Crippen LogP contribution in [0.5, 0.6) is 0 Å². The van der Waals surface area contributed by atoms with Gasteiger partial charge in [-0.25, -0.2) is 4.98 Å². The molecule has 0 aromatic carbocycles. The van der Waals surface area contributed by atoms with E-state index in [1.165, 1.54) is 25.7 Å². The lowest BCUT2D eigenvalue weighted by Gasteiger charge is -2.11. The first-order valence-corrected chi connectivity index (χ1v) is 9.57. The van der Waals surface area contributed by atoms with Crippen LogP contribution in [-0.4, -0.2) is 39.5 Å². The third-order valence-electron chi connectivity index (χ3n) is 5.26. The number of carbonyl (C=O) groups is 2. The molecule has 8 nitrogen and oxygen atoms in total. The second-order valence-electron chi connectivity index (χ2n) is 7.73. The highest BCUT2D eigenvalue weighted by Crippen LogP contribution is 2.31. The molecular formula is C19H22N6O2. The fraction of sp³-hybridized carbons (Fsp3) is 0.474. The Labute approximate surface area is 156 Å². The second-order valence-corrected chi connectivity index (χ2v) is 7.73. The van der Waals surface area contributed by atoms with Crippen LogP contribution >= 0.6 is 0 Å². The molecule has 140 valence electrons. The Balaban J connectivity index is 1.50. The molecular weight excluding hydrogens is 344 g/mol. The SMILES string of the molecule is O=C1C/C(=C\c2cnn3c(NCC4CC4)cc(NCC4CC4)nc23)C(=O)N1. The summed E-state index contributed by atoms with van der Waals surface area (Å²) in [4.78, 5) is 28.0. The fourth-order valence-corrected chi connectivity index (χ4v) is 3.25. The van der Waals surface area contributed by atoms with E-state index in [1.807, 2.05) is 6.07 Å². The maximum atomic E-state index is 11.9. The zero-order chi connectivity index (χ0) is 18.4. The van der Waals surface area contributed by atoms with Crippen molar-refractivity contribution in [1.82, 2.24) is 19.9 Å². The first-order valence-electron chi connectivity index (χ1n) is 9.57. The minimum absolute atomic E-state index is 0.0998. The first-order chi connectivity index (χ1) is 13.2. The molecule has 2 aromatic heterocycles. The molecule has 8 heteroatoms. The zero-order valence-corrected chi connectivity index (χ0v) is 15.0. The van der Waals surface area contributed by atoms with Crippen LogP contribution in [0.15, 0.2) is 17.8 Å². The van der Waals surface area contributed by atoms with E-state index in [1.54, 1.807) is 16.8 Å². The summed E-state index contributed by atoms with van der Waals surface area (Å²) in [6, 6.07) is 1.99. The van der Waals surface area contributed by atoms with Crippen molar-refractivity contribution in [2.24, 2.45) is 11.8 Å². The van der Waals surface area contributed by atoms with E-state index in [0.717, 1.165) is 42.1 Å². The van der Waals surface area contributed by atoms with Crippen LogP contribution in [0, 0.1) is 11.8 Å². The minimum atomic E-state index is -0.338. The molecule has 0 spiro atoms. The number of nitrogens with one attached hydrogen (secondary N) is 3. The van der Waals surface area contributed by atoms with Gasteiger partial charge in [-0.15, -0.1) is 0 Å². The highest BCUT2D eigenvalue weighted by molar-refractivity contribution is 6.15. The van der Waals surface area contributed by atoms with Gasteiger partial charge in [0.05, 0.1) is 12.6 Å². The largest absolute Gasteiger partial charge is 0.370 e. The Kier molecular flexibility index (Phi) is 3.84. The first kappa shape index (κ1) is 16.3. The van der Waals surface area contributed by atoms with Gasteiger partial charge in [0.25, 0.3) is 5.91 Å². The lowest BCUT2D eigenvalue weighted by molar-refractivity contribution is -0.124. The van der Waals surface area contributed by atoms with E-state index in [9.17, 15) is 9.59 Å². The summed E-state index contributed by atoms with van der Waals surface area (Å²) in [6.07, 6.45) is 8.59. The topological polar surface area (TPSA) is 100 Å². The third-order valence-corrected chi connectivity index (χ3v) is 5.26. The van der Waals surface area contributed by atoms with Crippen molar-refractivity contribution in [3.8, 4) is 0 Å². The second kappa shape index (κ2) is 6.37. The number of hydrogen-bond acceptors (Lipinski definition) is 6. The van der Waals surface area contributed by atoms with Crippen LogP contribution in [0.3, 0.4) is 0 Å². The molecule has 1 aliphatic heterocycles. The van der Waals surface area contributed by atoms with Gasteiger partial charge >= 0.3 is 0 Å². The Morgan fingerprint density at radius 2 is 1.89 bits per heavy atom. The maximum absolute atomic E-state index is 11.9. The predicted molar refractivity (Wildman–Crippen MR) is 101 cm³/mol. The molecule has 0 bridgehead atoms. The standard InChI is InChI=1S/C19H22N6O2/c26-17-6-13(19(27)24-17)5-14-10-22-25-16(21-9-12-3-4-12)7-15(23-18(14)25)20-8-11-1-2-11/h5,7,10-12,21H,1-4,6,8-9H2,(H,20,23)(H,24,26,27)/b13-5+. The van der Waals surface area contributed by atoms with Gasteiger partial charge in [-0.1, -0.05) is 0 Å². The van der Waals surface area contributed by atoms with Gasteiger partial charge in [-0.05, 0) is 43.6 Å². The van der Waals surface area contributed by atoms with Gasteiger partial charge < -0.3 is 10.6 Å². The molecule has 2 aromatic rings. The molecule has 0 unspecified atom stereocenters. The summed E-state index contributed by atoms with van der Waals surface area (Å²) in [5.74, 6) is 2.57. The fourth-order valence-electron chi connectivity index (χ4n) is 3.25. The summed E-state index contributed by atoms with van der Waals surface area (Å²) < 4.78 is 1.77. The number of hydrogen-bond donors (Lipinski definition) is 3. The molecule has 3 aliphatic rings. The van der Waals surface area contributed by atoms with Crippen LogP contribution in [0.1, 0.15) is 37.7 Å². The lowest BCUT2D eigenvalue weighted by atomic mass is 10.1. The molecule has 1 saturated heterocycles. The molecule has 2 saturated carbocycles. The van der Waals surface area contributed by atoms with Crippen molar-refractivity contribution < 1.29 is 9.59 Å². The van der Waals surface area contributed by atoms with Crippen LogP contribution in [0.25, 0.3) is 11.7 Å². The minimum Gasteiger partial charge on any atom is -0.370 e. The lowest BCUT2D eigenvalue weighted by Crippen LogP contribution is -2.19. The monoisotopic (exact) mass is 366 g/mol. The van der Waals surface area contributed by atoms with Gasteiger partial charge in [0, 0.05) is 30.3 Å². The summed E-state index contributed by atoms with van der Waals surface area (Å²) >= 11 is 0. The number of amides is 2. The summed E-state index contributed by atoms with van der Waals surface area (Å²) in [7, 11) is 0. The van der Waals surface area contributed by atoms with Gasteiger partial charge in [0.15, 0.2) is 5.65 Å². The molecule has 2 aliphatic carbocycles. The Hall–Kier alpha value is -2.90. The Morgan fingerprint density at radius 3 is 2.56 bits per heavy atom.